The van der Waals surface area contributed by atoms with Crippen molar-refractivity contribution in [3.63, 3.8) is 0 Å². The van der Waals surface area contributed by atoms with E-state index in [1.54, 1.807) is 35.7 Å². The van der Waals surface area contributed by atoms with E-state index in [2.05, 4.69) is 17.1 Å². The first kappa shape index (κ1) is 18.6. The van der Waals surface area contributed by atoms with E-state index < -0.39 is 5.69 Å². The Balaban J connectivity index is 1.36. The van der Waals surface area contributed by atoms with Crippen molar-refractivity contribution in [2.45, 2.75) is 19.4 Å². The number of benzene rings is 2. The average molecular weight is 417 g/mol. The Bertz CT molecular complexity index is 1360. The molecule has 3 heterocycles. The van der Waals surface area contributed by atoms with Crippen molar-refractivity contribution in [3.8, 4) is 5.69 Å². The van der Waals surface area contributed by atoms with E-state index in [9.17, 15) is 14.4 Å². The fourth-order valence-corrected chi connectivity index (χ4v) is 4.71. The summed E-state index contributed by atoms with van der Waals surface area (Å²) in [6, 6.07) is 17.0. The third-order valence-corrected chi connectivity index (χ3v) is 6.44. The number of hydrogen-bond donors (Lipinski definition) is 1. The number of thiophene rings is 1. The van der Waals surface area contributed by atoms with Crippen LogP contribution in [-0.2, 0) is 24.2 Å². The average Bonchev–Trinajstić information content (AvgIpc) is 3.23. The Morgan fingerprint density at radius 3 is 2.57 bits per heavy atom. The third-order valence-electron chi connectivity index (χ3n) is 5.54. The molecule has 1 amide bonds. The second-order valence-corrected chi connectivity index (χ2v) is 8.33. The van der Waals surface area contributed by atoms with Crippen LogP contribution < -0.4 is 11.2 Å². The molecule has 5 rings (SSSR count). The zero-order chi connectivity index (χ0) is 20.7. The lowest BCUT2D eigenvalue weighted by atomic mass is 9.99. The van der Waals surface area contributed by atoms with E-state index >= 15 is 0 Å². The fraction of sp³-hybridized carbons (Fsp3) is 0.174. The van der Waals surface area contributed by atoms with Crippen LogP contribution in [0.1, 0.15) is 16.7 Å². The number of nitrogens with zero attached hydrogens (tertiary/aromatic N) is 2. The van der Waals surface area contributed by atoms with Crippen molar-refractivity contribution in [1.82, 2.24) is 14.5 Å². The summed E-state index contributed by atoms with van der Waals surface area (Å²) in [4.78, 5) is 42.4. The molecule has 30 heavy (non-hydrogen) atoms. The lowest BCUT2D eigenvalue weighted by Gasteiger charge is -2.29. The van der Waals surface area contributed by atoms with Gasteiger partial charge in [-0.05, 0) is 46.7 Å². The van der Waals surface area contributed by atoms with Gasteiger partial charge in [0.2, 0.25) is 5.91 Å². The second kappa shape index (κ2) is 7.42. The highest BCUT2D eigenvalue weighted by atomic mass is 32.1. The minimum atomic E-state index is -0.471. The molecule has 2 aromatic heterocycles. The van der Waals surface area contributed by atoms with Crippen LogP contribution in [0.2, 0.25) is 0 Å². The van der Waals surface area contributed by atoms with Gasteiger partial charge in [-0.1, -0.05) is 36.4 Å². The number of aromatic nitrogens is 2. The molecule has 2 aromatic carbocycles. The molecule has 1 aliphatic rings. The lowest BCUT2D eigenvalue weighted by molar-refractivity contribution is -0.131. The molecule has 6 nitrogen and oxygen atoms in total. The van der Waals surface area contributed by atoms with E-state index in [-0.39, 0.29) is 17.9 Å². The van der Waals surface area contributed by atoms with Gasteiger partial charge in [-0.25, -0.2) is 9.36 Å². The van der Waals surface area contributed by atoms with Gasteiger partial charge in [-0.2, -0.15) is 0 Å². The Kier molecular flexibility index (Phi) is 4.59. The Morgan fingerprint density at radius 2 is 1.77 bits per heavy atom. The summed E-state index contributed by atoms with van der Waals surface area (Å²) < 4.78 is 1.64. The lowest BCUT2D eigenvalue weighted by Crippen LogP contribution is -2.36. The standard InChI is InChI=1S/C23H19N3O3S/c27-20(25-11-9-16-3-1-2-4-17(16)14-25)13-15-5-7-18(8-6-15)26-22(28)21-19(10-12-30-21)24-23(26)29/h1-8,10,12H,9,11,13-14H2,(H,24,29). The molecule has 0 saturated carbocycles. The molecule has 7 heteroatoms. The zero-order valence-electron chi connectivity index (χ0n) is 16.1. The highest BCUT2D eigenvalue weighted by Crippen LogP contribution is 2.20. The fourth-order valence-electron chi connectivity index (χ4n) is 3.93. The maximum atomic E-state index is 12.8. The van der Waals surface area contributed by atoms with E-state index in [1.807, 2.05) is 17.0 Å². The summed E-state index contributed by atoms with van der Waals surface area (Å²) in [5.41, 5.74) is 3.60. The molecule has 0 radical (unpaired) electrons. The quantitative estimate of drug-likeness (QED) is 0.557. The number of hydrogen-bond acceptors (Lipinski definition) is 4. The number of H-pyrrole nitrogens is 1. The normalized spacial score (nSPS) is 13.4. The van der Waals surface area contributed by atoms with Crippen LogP contribution in [-0.4, -0.2) is 26.9 Å². The highest BCUT2D eigenvalue weighted by Gasteiger charge is 2.20. The summed E-state index contributed by atoms with van der Waals surface area (Å²) in [6.45, 7) is 1.36. The second-order valence-electron chi connectivity index (χ2n) is 7.41. The number of carbonyl (C=O) groups is 1. The first-order valence-corrected chi connectivity index (χ1v) is 10.6. The van der Waals surface area contributed by atoms with Crippen LogP contribution in [0.25, 0.3) is 15.9 Å². The highest BCUT2D eigenvalue weighted by molar-refractivity contribution is 7.17. The van der Waals surface area contributed by atoms with Gasteiger partial charge in [0.15, 0.2) is 0 Å². The number of rotatable bonds is 3. The van der Waals surface area contributed by atoms with Crippen molar-refractivity contribution in [1.29, 1.82) is 0 Å². The van der Waals surface area contributed by atoms with Crippen molar-refractivity contribution in [2.24, 2.45) is 0 Å². The number of nitrogens with one attached hydrogen (secondary N) is 1. The third kappa shape index (κ3) is 3.27. The Hall–Kier alpha value is -3.45. The van der Waals surface area contributed by atoms with Gasteiger partial charge >= 0.3 is 5.69 Å². The maximum Gasteiger partial charge on any atom is 0.333 e. The van der Waals surface area contributed by atoms with E-state index in [4.69, 9.17) is 0 Å². The molecule has 0 fully saturated rings. The van der Waals surface area contributed by atoms with Crippen molar-refractivity contribution < 1.29 is 4.79 Å². The molecule has 0 spiro atoms. The van der Waals surface area contributed by atoms with Crippen molar-refractivity contribution >= 4 is 27.5 Å². The molecular formula is C23H19N3O3S. The largest absolute Gasteiger partial charge is 0.338 e. The molecule has 0 bridgehead atoms. The maximum absolute atomic E-state index is 12.8. The SMILES string of the molecule is O=C(Cc1ccc(-n2c(=O)[nH]c3ccsc3c2=O)cc1)N1CCc2ccccc2C1. The predicted molar refractivity (Wildman–Crippen MR) is 117 cm³/mol. The van der Waals surface area contributed by atoms with Crippen LogP contribution in [0.5, 0.6) is 0 Å². The summed E-state index contributed by atoms with van der Waals surface area (Å²) in [6.07, 6.45) is 1.16. The van der Waals surface area contributed by atoms with Crippen molar-refractivity contribution in [2.75, 3.05) is 6.54 Å². The minimum Gasteiger partial charge on any atom is -0.338 e. The minimum absolute atomic E-state index is 0.0762. The molecule has 1 N–H and O–H groups in total. The van der Waals surface area contributed by atoms with Crippen LogP contribution >= 0.6 is 11.3 Å². The first-order valence-electron chi connectivity index (χ1n) is 9.76. The predicted octanol–water partition coefficient (Wildman–Crippen LogP) is 2.87. The summed E-state index contributed by atoms with van der Waals surface area (Å²) in [7, 11) is 0. The molecule has 0 unspecified atom stereocenters. The van der Waals surface area contributed by atoms with E-state index in [0.29, 0.717) is 22.4 Å². The molecule has 0 saturated heterocycles. The van der Waals surface area contributed by atoms with Crippen molar-refractivity contribution in [3.05, 3.63) is 97.5 Å². The molecule has 0 atom stereocenters. The van der Waals surface area contributed by atoms with E-state index in [0.717, 1.165) is 23.1 Å². The molecule has 150 valence electrons. The number of aromatic amines is 1. The molecule has 0 aliphatic carbocycles. The number of amides is 1. The first-order chi connectivity index (χ1) is 14.6. The van der Waals surface area contributed by atoms with Crippen LogP contribution in [0.3, 0.4) is 0 Å². The summed E-state index contributed by atoms with van der Waals surface area (Å²) >= 11 is 1.30. The number of fused-ring (bicyclic) bond motifs is 2. The Labute approximate surface area is 176 Å². The van der Waals surface area contributed by atoms with Gasteiger partial charge in [0.1, 0.15) is 4.70 Å². The van der Waals surface area contributed by atoms with Gasteiger partial charge in [0, 0.05) is 13.1 Å². The van der Waals surface area contributed by atoms with Crippen LogP contribution in [0, 0.1) is 0 Å². The van der Waals surface area contributed by atoms with Crippen LogP contribution in [0.4, 0.5) is 0 Å². The van der Waals surface area contributed by atoms with E-state index in [1.165, 1.54) is 22.5 Å². The monoisotopic (exact) mass is 417 g/mol. The van der Waals surface area contributed by atoms with Crippen LogP contribution in [0.15, 0.2) is 69.6 Å². The van der Waals surface area contributed by atoms with Gasteiger partial charge in [-0.15, -0.1) is 11.3 Å². The van der Waals surface area contributed by atoms with Gasteiger partial charge in [0.25, 0.3) is 5.56 Å². The summed E-state index contributed by atoms with van der Waals surface area (Å²) in [5.74, 6) is 0.0762. The topological polar surface area (TPSA) is 75.2 Å². The Morgan fingerprint density at radius 1 is 1.00 bits per heavy atom. The molecular weight excluding hydrogens is 398 g/mol. The van der Waals surface area contributed by atoms with Gasteiger partial charge in [-0.3, -0.25) is 9.59 Å². The zero-order valence-corrected chi connectivity index (χ0v) is 16.9. The number of carbonyl (C=O) groups excluding carboxylic acids is 1. The van der Waals surface area contributed by atoms with Gasteiger partial charge < -0.3 is 9.88 Å². The molecule has 4 aromatic rings. The molecule has 1 aliphatic heterocycles. The smallest absolute Gasteiger partial charge is 0.333 e. The summed E-state index contributed by atoms with van der Waals surface area (Å²) in [5, 5.41) is 1.78. The van der Waals surface area contributed by atoms with Gasteiger partial charge in [0.05, 0.1) is 17.6 Å².